The number of amides is 1. The first-order chi connectivity index (χ1) is 10.3. The third-order valence-corrected chi connectivity index (χ3v) is 5.73. The Bertz CT molecular complexity index is 882. The van der Waals surface area contributed by atoms with Crippen LogP contribution in [0, 0.1) is 13.8 Å². The van der Waals surface area contributed by atoms with Crippen LogP contribution in [0.25, 0.3) is 11.0 Å². The van der Waals surface area contributed by atoms with Gasteiger partial charge in [-0.05, 0) is 32.0 Å². The molecule has 0 aliphatic carbocycles. The first-order valence-electron chi connectivity index (χ1n) is 6.74. The first-order valence-corrected chi connectivity index (χ1v) is 9.12. The van der Waals surface area contributed by atoms with Crippen LogP contribution in [0.3, 0.4) is 0 Å². The molecule has 1 atom stereocenters. The lowest BCUT2D eigenvalue weighted by Gasteiger charge is -2.16. The van der Waals surface area contributed by atoms with Crippen LogP contribution in [0.2, 0.25) is 0 Å². The van der Waals surface area contributed by atoms with Gasteiger partial charge in [-0.1, -0.05) is 0 Å². The van der Waals surface area contributed by atoms with Gasteiger partial charge in [-0.25, -0.2) is 18.4 Å². The van der Waals surface area contributed by atoms with Crippen LogP contribution >= 0.6 is 10.7 Å². The van der Waals surface area contributed by atoms with Gasteiger partial charge in [0.25, 0.3) is 0 Å². The second-order valence-electron chi connectivity index (χ2n) is 5.37. The van der Waals surface area contributed by atoms with E-state index in [1.54, 1.807) is 18.2 Å². The average molecular weight is 340 g/mol. The fourth-order valence-electron chi connectivity index (χ4n) is 2.50. The zero-order chi connectivity index (χ0) is 16.1. The Labute approximate surface area is 132 Å². The zero-order valence-electron chi connectivity index (χ0n) is 12.1. The third-order valence-electron chi connectivity index (χ3n) is 3.86. The maximum atomic E-state index is 12.1. The normalized spacial score (nSPS) is 19.1. The van der Waals surface area contributed by atoms with Crippen molar-refractivity contribution in [3.63, 3.8) is 0 Å². The summed E-state index contributed by atoms with van der Waals surface area (Å²) in [6.07, 6.45) is -0.0948. The highest BCUT2D eigenvalue weighted by molar-refractivity contribution is 8.14. The minimum Gasteiger partial charge on any atom is -0.311 e. The van der Waals surface area contributed by atoms with Crippen LogP contribution in [0.15, 0.2) is 18.2 Å². The number of fused-ring (bicyclic) bond motifs is 1. The molecular formula is C14H14ClN3O3S. The molecule has 0 radical (unpaired) electrons. The van der Waals surface area contributed by atoms with Crippen molar-refractivity contribution in [2.75, 3.05) is 11.4 Å². The summed E-state index contributed by atoms with van der Waals surface area (Å²) in [6, 6.07) is 5.27. The van der Waals surface area contributed by atoms with Gasteiger partial charge in [0, 0.05) is 29.3 Å². The third kappa shape index (κ3) is 2.66. The number of rotatable bonds is 2. The maximum absolute atomic E-state index is 12.1. The molecule has 0 spiro atoms. The fourth-order valence-corrected chi connectivity index (χ4v) is 3.53. The van der Waals surface area contributed by atoms with E-state index in [9.17, 15) is 13.2 Å². The van der Waals surface area contributed by atoms with E-state index < -0.39 is 14.3 Å². The molecule has 1 saturated heterocycles. The summed E-state index contributed by atoms with van der Waals surface area (Å²) in [5.74, 6) is -0.259. The number of hydrogen-bond acceptors (Lipinski definition) is 5. The highest BCUT2D eigenvalue weighted by Crippen LogP contribution is 2.28. The highest BCUT2D eigenvalue weighted by Gasteiger charge is 2.38. The van der Waals surface area contributed by atoms with Crippen LogP contribution in [-0.4, -0.2) is 36.1 Å². The van der Waals surface area contributed by atoms with Crippen LogP contribution in [0.4, 0.5) is 5.69 Å². The number of aryl methyl sites for hydroxylation is 2. The van der Waals surface area contributed by atoms with Crippen LogP contribution < -0.4 is 4.90 Å². The molecule has 1 aromatic carbocycles. The Kier molecular flexibility index (Phi) is 3.57. The molecule has 8 heteroatoms. The molecule has 6 nitrogen and oxygen atoms in total. The summed E-state index contributed by atoms with van der Waals surface area (Å²) in [6.45, 7) is 3.82. The second kappa shape index (κ2) is 5.17. The Balaban J connectivity index is 2.00. The van der Waals surface area contributed by atoms with Crippen molar-refractivity contribution in [2.45, 2.75) is 25.5 Å². The second-order valence-corrected chi connectivity index (χ2v) is 8.28. The maximum Gasteiger partial charge on any atom is 0.237 e. The standard InChI is InChI=1S/C14H14ClN3O3S/c1-8-9(2)17-13-5-10(3-4-12(13)16-8)18-7-11(6-14(18)19)22(15,20)21/h3-5,11H,6-7H2,1-2H3. The molecule has 22 heavy (non-hydrogen) atoms. The van der Waals surface area contributed by atoms with Crippen molar-refractivity contribution in [2.24, 2.45) is 0 Å². The van der Waals surface area contributed by atoms with Crippen molar-refractivity contribution in [1.29, 1.82) is 0 Å². The van der Waals surface area contributed by atoms with Crippen LogP contribution in [0.5, 0.6) is 0 Å². The van der Waals surface area contributed by atoms with E-state index in [1.807, 2.05) is 13.8 Å². The minimum absolute atomic E-state index is 0.0639. The van der Waals surface area contributed by atoms with Gasteiger partial charge in [0.1, 0.15) is 5.25 Å². The molecule has 3 rings (SSSR count). The van der Waals surface area contributed by atoms with E-state index in [4.69, 9.17) is 10.7 Å². The Morgan fingerprint density at radius 2 is 1.82 bits per heavy atom. The predicted octanol–water partition coefficient (Wildman–Crippen LogP) is 1.92. The molecule has 1 aromatic heterocycles. The quantitative estimate of drug-likeness (QED) is 0.781. The summed E-state index contributed by atoms with van der Waals surface area (Å²) in [5, 5.41) is -0.872. The number of halogens is 1. The Morgan fingerprint density at radius 3 is 2.41 bits per heavy atom. The van der Waals surface area contributed by atoms with Crippen molar-refractivity contribution in [3.05, 3.63) is 29.6 Å². The Hall–Kier alpha value is -1.73. The molecule has 1 fully saturated rings. The molecule has 116 valence electrons. The van der Waals surface area contributed by atoms with Crippen molar-refractivity contribution in [3.8, 4) is 0 Å². The molecule has 1 unspecified atom stereocenters. The number of benzene rings is 1. The molecular weight excluding hydrogens is 326 g/mol. The average Bonchev–Trinajstić information content (AvgIpc) is 2.82. The van der Waals surface area contributed by atoms with E-state index >= 15 is 0 Å². The summed E-state index contributed by atoms with van der Waals surface area (Å²) in [7, 11) is 1.61. The first kappa shape index (κ1) is 15.2. The van der Waals surface area contributed by atoms with E-state index in [0.29, 0.717) is 11.2 Å². The lowest BCUT2D eigenvalue weighted by molar-refractivity contribution is -0.117. The van der Waals surface area contributed by atoms with Gasteiger partial charge >= 0.3 is 0 Å². The van der Waals surface area contributed by atoms with Gasteiger partial charge in [0.2, 0.25) is 15.0 Å². The molecule has 2 aromatic rings. The molecule has 1 aliphatic heterocycles. The van der Waals surface area contributed by atoms with Gasteiger partial charge in [-0.15, -0.1) is 0 Å². The number of anilines is 1. The van der Waals surface area contributed by atoms with Gasteiger partial charge in [0.05, 0.1) is 22.4 Å². The Morgan fingerprint density at radius 1 is 1.18 bits per heavy atom. The van der Waals surface area contributed by atoms with Crippen molar-refractivity contribution in [1.82, 2.24) is 9.97 Å². The molecule has 0 N–H and O–H groups in total. The van der Waals surface area contributed by atoms with Crippen LogP contribution in [0.1, 0.15) is 17.8 Å². The summed E-state index contributed by atoms with van der Waals surface area (Å²) in [4.78, 5) is 22.4. The van der Waals surface area contributed by atoms with Crippen LogP contribution in [-0.2, 0) is 13.8 Å². The number of carbonyl (C=O) groups excluding carboxylic acids is 1. The lowest BCUT2D eigenvalue weighted by atomic mass is 10.2. The van der Waals surface area contributed by atoms with E-state index in [1.165, 1.54) is 4.90 Å². The number of carbonyl (C=O) groups is 1. The van der Waals surface area contributed by atoms with Crippen molar-refractivity contribution >= 4 is 42.4 Å². The zero-order valence-corrected chi connectivity index (χ0v) is 13.6. The number of aromatic nitrogens is 2. The van der Waals surface area contributed by atoms with E-state index in [2.05, 4.69) is 9.97 Å². The van der Waals surface area contributed by atoms with E-state index in [-0.39, 0.29) is 18.9 Å². The SMILES string of the molecule is Cc1nc2ccc(N3CC(S(=O)(=O)Cl)CC3=O)cc2nc1C. The van der Waals surface area contributed by atoms with Gasteiger partial charge in [-0.3, -0.25) is 4.79 Å². The van der Waals surface area contributed by atoms with Crippen molar-refractivity contribution < 1.29 is 13.2 Å². The monoisotopic (exact) mass is 339 g/mol. The molecule has 0 bridgehead atoms. The molecule has 0 saturated carbocycles. The van der Waals surface area contributed by atoms with E-state index in [0.717, 1.165) is 16.9 Å². The topological polar surface area (TPSA) is 80.2 Å². The molecule has 1 aliphatic rings. The lowest BCUT2D eigenvalue weighted by Crippen LogP contribution is -2.26. The number of nitrogens with zero attached hydrogens (tertiary/aromatic N) is 3. The number of hydrogen-bond donors (Lipinski definition) is 0. The summed E-state index contributed by atoms with van der Waals surface area (Å²) in [5.41, 5.74) is 3.69. The van der Waals surface area contributed by atoms with Gasteiger partial charge in [-0.2, -0.15) is 0 Å². The summed E-state index contributed by atoms with van der Waals surface area (Å²) < 4.78 is 22.8. The minimum atomic E-state index is -3.75. The van der Waals surface area contributed by atoms with Gasteiger partial charge in [0.15, 0.2) is 0 Å². The molecule has 2 heterocycles. The summed E-state index contributed by atoms with van der Waals surface area (Å²) >= 11 is 0. The molecule has 1 amide bonds. The fraction of sp³-hybridized carbons (Fsp3) is 0.357. The largest absolute Gasteiger partial charge is 0.311 e. The smallest absolute Gasteiger partial charge is 0.237 e. The highest BCUT2D eigenvalue weighted by atomic mass is 35.7. The van der Waals surface area contributed by atoms with Gasteiger partial charge < -0.3 is 4.90 Å². The predicted molar refractivity (Wildman–Crippen MR) is 84.5 cm³/mol.